The maximum atomic E-state index is 13.4. The summed E-state index contributed by atoms with van der Waals surface area (Å²) in [6, 6.07) is 9.33. The third-order valence-corrected chi connectivity index (χ3v) is 5.57. The van der Waals surface area contributed by atoms with Crippen LogP contribution in [-0.4, -0.2) is 60.7 Å². The predicted octanol–water partition coefficient (Wildman–Crippen LogP) is 1.89. The molecule has 0 saturated carbocycles. The molecule has 1 N–H and O–H groups in total. The molecule has 6 rings (SSSR count). The lowest BCUT2D eigenvalue weighted by Gasteiger charge is -2.56. The zero-order chi connectivity index (χ0) is 19.1. The highest BCUT2D eigenvalue weighted by atomic mass is 19.1. The molecule has 3 saturated heterocycles. The number of carbonyl (C=O) groups is 1. The minimum Gasteiger partial charge on any atom is -0.486 e. The summed E-state index contributed by atoms with van der Waals surface area (Å²) in [4.78, 5) is 20.5. The lowest BCUT2D eigenvalue weighted by molar-refractivity contribution is -0.121. The molecule has 146 valence electrons. The summed E-state index contributed by atoms with van der Waals surface area (Å²) in [7, 11) is 0. The van der Waals surface area contributed by atoms with Crippen molar-refractivity contribution in [2.24, 2.45) is 0 Å². The van der Waals surface area contributed by atoms with Gasteiger partial charge in [0.1, 0.15) is 13.2 Å². The predicted molar refractivity (Wildman–Crippen MR) is 101 cm³/mol. The Hall–Kier alpha value is -2.87. The smallest absolute Gasteiger partial charge is 0.238 e. The molecule has 1 aromatic heterocycles. The van der Waals surface area contributed by atoms with E-state index in [-0.39, 0.29) is 5.91 Å². The van der Waals surface area contributed by atoms with Crippen LogP contribution in [0.15, 0.2) is 36.5 Å². The zero-order valence-electron chi connectivity index (χ0n) is 15.3. The average molecular weight is 384 g/mol. The maximum Gasteiger partial charge on any atom is 0.238 e. The number of nitrogens with zero attached hydrogens (tertiary/aromatic N) is 3. The summed E-state index contributed by atoms with van der Waals surface area (Å²) in [6.45, 7) is 2.98. The molecule has 1 aromatic carbocycles. The second kappa shape index (κ2) is 6.94. The van der Waals surface area contributed by atoms with E-state index in [1.54, 1.807) is 6.07 Å². The van der Waals surface area contributed by atoms with Crippen LogP contribution in [0.25, 0.3) is 0 Å². The number of pyridine rings is 1. The summed E-state index contributed by atoms with van der Waals surface area (Å²) < 4.78 is 24.4. The number of carbonyl (C=O) groups excluding carboxylic acids is 1. The number of fused-ring (bicyclic) bond motifs is 3. The van der Waals surface area contributed by atoms with Crippen molar-refractivity contribution >= 4 is 17.3 Å². The van der Waals surface area contributed by atoms with E-state index in [4.69, 9.17) is 9.47 Å². The van der Waals surface area contributed by atoms with Crippen LogP contribution in [-0.2, 0) is 4.79 Å². The van der Waals surface area contributed by atoms with Crippen molar-refractivity contribution < 1.29 is 18.7 Å². The number of rotatable bonds is 4. The molecule has 0 radical (unpaired) electrons. The van der Waals surface area contributed by atoms with Crippen molar-refractivity contribution in [2.75, 3.05) is 43.1 Å². The molecule has 2 bridgehead atoms. The second-order valence-electron chi connectivity index (χ2n) is 7.36. The second-order valence-corrected chi connectivity index (χ2v) is 7.36. The Balaban J connectivity index is 1.18. The number of nitrogens with one attached hydrogen (secondary N) is 1. The molecule has 2 atom stereocenters. The van der Waals surface area contributed by atoms with E-state index in [1.165, 1.54) is 12.3 Å². The maximum absolute atomic E-state index is 13.4. The van der Waals surface area contributed by atoms with Crippen LogP contribution in [0.5, 0.6) is 11.5 Å². The lowest BCUT2D eigenvalue weighted by atomic mass is 9.87. The monoisotopic (exact) mass is 384 g/mol. The highest BCUT2D eigenvalue weighted by molar-refractivity contribution is 5.92. The number of aromatic nitrogens is 1. The number of piperazine rings is 1. The summed E-state index contributed by atoms with van der Waals surface area (Å²) >= 11 is 0. The SMILES string of the molecule is O=C(CN1C2CC1CN(c1ccnc(F)c1)C2)Nc1ccc2c(c1)OCCO2. The van der Waals surface area contributed by atoms with E-state index in [1.807, 2.05) is 18.2 Å². The Kier molecular flexibility index (Phi) is 4.27. The number of amides is 1. The first-order valence-corrected chi connectivity index (χ1v) is 9.47. The molecule has 4 aliphatic rings. The van der Waals surface area contributed by atoms with E-state index >= 15 is 0 Å². The summed E-state index contributed by atoms with van der Waals surface area (Å²) in [5.41, 5.74) is 1.55. The fraction of sp³-hybridized carbons (Fsp3) is 0.400. The first-order valence-electron chi connectivity index (χ1n) is 9.47. The highest BCUT2D eigenvalue weighted by Crippen LogP contribution is 2.35. The molecule has 0 aliphatic carbocycles. The van der Waals surface area contributed by atoms with Crippen LogP contribution in [0.1, 0.15) is 6.42 Å². The third kappa shape index (κ3) is 3.24. The Labute approximate surface area is 162 Å². The number of ether oxygens (including phenoxy) is 2. The van der Waals surface area contributed by atoms with Crippen molar-refractivity contribution in [1.82, 2.24) is 9.88 Å². The number of anilines is 2. The summed E-state index contributed by atoms with van der Waals surface area (Å²) in [5.74, 6) is 0.849. The van der Waals surface area contributed by atoms with E-state index < -0.39 is 5.95 Å². The molecule has 5 heterocycles. The van der Waals surface area contributed by atoms with E-state index in [2.05, 4.69) is 20.1 Å². The van der Waals surface area contributed by atoms with Crippen molar-refractivity contribution in [3.05, 3.63) is 42.5 Å². The van der Waals surface area contributed by atoms with Crippen LogP contribution in [0.3, 0.4) is 0 Å². The molecular weight excluding hydrogens is 363 g/mol. The van der Waals surface area contributed by atoms with Gasteiger partial charge in [0.2, 0.25) is 11.9 Å². The highest BCUT2D eigenvalue weighted by Gasteiger charge is 2.45. The van der Waals surface area contributed by atoms with Gasteiger partial charge in [0.15, 0.2) is 11.5 Å². The quantitative estimate of drug-likeness (QED) is 0.813. The van der Waals surface area contributed by atoms with Crippen LogP contribution in [0.4, 0.5) is 15.8 Å². The summed E-state index contributed by atoms with van der Waals surface area (Å²) in [6.07, 6.45) is 2.56. The van der Waals surface area contributed by atoms with Crippen LogP contribution < -0.4 is 19.7 Å². The van der Waals surface area contributed by atoms with Gasteiger partial charge in [0.25, 0.3) is 0 Å². The fourth-order valence-corrected chi connectivity index (χ4v) is 4.23. The van der Waals surface area contributed by atoms with Crippen molar-refractivity contribution in [1.29, 1.82) is 0 Å². The van der Waals surface area contributed by atoms with Gasteiger partial charge in [-0.3, -0.25) is 9.69 Å². The average Bonchev–Trinajstić information content (AvgIpc) is 2.72. The van der Waals surface area contributed by atoms with Crippen LogP contribution in [0, 0.1) is 5.95 Å². The molecule has 28 heavy (non-hydrogen) atoms. The number of halogens is 1. The Morgan fingerprint density at radius 3 is 2.71 bits per heavy atom. The first-order chi connectivity index (χ1) is 13.7. The van der Waals surface area contributed by atoms with Crippen LogP contribution in [0.2, 0.25) is 0 Å². The largest absolute Gasteiger partial charge is 0.486 e. The van der Waals surface area contributed by atoms with Gasteiger partial charge >= 0.3 is 0 Å². The van der Waals surface area contributed by atoms with Gasteiger partial charge in [-0.2, -0.15) is 4.39 Å². The van der Waals surface area contributed by atoms with Crippen LogP contribution >= 0.6 is 0 Å². The van der Waals surface area contributed by atoms with E-state index in [0.29, 0.717) is 49.0 Å². The molecule has 2 unspecified atom stereocenters. The lowest BCUT2D eigenvalue weighted by Crippen LogP contribution is -2.69. The normalized spacial score (nSPS) is 23.1. The van der Waals surface area contributed by atoms with E-state index in [9.17, 15) is 9.18 Å². The van der Waals surface area contributed by atoms with Gasteiger partial charge in [-0.15, -0.1) is 0 Å². The first kappa shape index (κ1) is 17.2. The number of piperidine rings is 1. The van der Waals surface area contributed by atoms with Gasteiger partial charge in [-0.05, 0) is 24.6 Å². The minimum atomic E-state index is -0.465. The minimum absolute atomic E-state index is 0.0465. The molecule has 7 nitrogen and oxygen atoms in total. The molecule has 0 spiro atoms. The van der Waals surface area contributed by atoms with Gasteiger partial charge < -0.3 is 19.7 Å². The fourth-order valence-electron chi connectivity index (χ4n) is 4.23. The molecule has 3 fully saturated rings. The number of benzene rings is 1. The van der Waals surface area contributed by atoms with Gasteiger partial charge in [-0.25, -0.2) is 4.98 Å². The van der Waals surface area contributed by atoms with Crippen molar-refractivity contribution in [3.8, 4) is 11.5 Å². The number of hydrogen-bond donors (Lipinski definition) is 1. The zero-order valence-corrected chi connectivity index (χ0v) is 15.3. The standard InChI is InChI=1S/C20H21FN4O3/c21-19-9-14(3-4-22-19)24-10-15-8-16(11-24)25(15)12-20(26)23-13-1-2-17-18(7-13)28-6-5-27-17/h1-4,7,9,15-16H,5-6,8,10-12H2,(H,23,26). The Bertz CT molecular complexity index is 897. The van der Waals surface area contributed by atoms with Crippen molar-refractivity contribution in [3.63, 3.8) is 0 Å². The molecule has 4 aliphatic heterocycles. The molecule has 1 amide bonds. The van der Waals surface area contributed by atoms with Gasteiger partial charge in [-0.1, -0.05) is 0 Å². The number of hydrogen-bond acceptors (Lipinski definition) is 6. The Morgan fingerprint density at radius 1 is 1.14 bits per heavy atom. The summed E-state index contributed by atoms with van der Waals surface area (Å²) in [5, 5.41) is 2.94. The molecule has 8 heteroatoms. The third-order valence-electron chi connectivity index (χ3n) is 5.57. The molecular formula is C20H21FN4O3. The van der Waals surface area contributed by atoms with Gasteiger partial charge in [0, 0.05) is 54.9 Å². The molecule has 2 aromatic rings. The van der Waals surface area contributed by atoms with Gasteiger partial charge in [0.05, 0.1) is 6.54 Å². The van der Waals surface area contributed by atoms with E-state index in [0.717, 1.165) is 25.2 Å². The van der Waals surface area contributed by atoms with Crippen molar-refractivity contribution in [2.45, 2.75) is 18.5 Å². The Morgan fingerprint density at radius 2 is 1.93 bits per heavy atom. The topological polar surface area (TPSA) is 66.9 Å².